The van der Waals surface area contributed by atoms with Gasteiger partial charge in [-0.1, -0.05) is 219 Å². The van der Waals surface area contributed by atoms with Crippen molar-refractivity contribution in [1.29, 1.82) is 0 Å². The minimum Gasteiger partial charge on any atom is -0.394 e. The Hall–Kier alpha value is -3.21. The van der Waals surface area contributed by atoms with Gasteiger partial charge in [0.2, 0.25) is 5.91 Å². The summed E-state index contributed by atoms with van der Waals surface area (Å²) in [6, 6.07) is -0.624. The molecule has 0 aromatic rings. The highest BCUT2D eigenvalue weighted by Gasteiger charge is 2.17. The van der Waals surface area contributed by atoms with Gasteiger partial charge in [0.15, 0.2) is 0 Å². The molecule has 0 aromatic carbocycles. The molecule has 0 aliphatic rings. The molecule has 0 fully saturated rings. The second kappa shape index (κ2) is 47.2. The molecule has 0 saturated carbocycles. The van der Waals surface area contributed by atoms with Gasteiger partial charge in [-0.2, -0.15) is 0 Å². The summed E-state index contributed by atoms with van der Waals surface area (Å²) in [5.74, 6) is -0.0808. The maximum Gasteiger partial charge on any atom is 0.220 e. The zero-order valence-corrected chi connectivity index (χ0v) is 36.8. The maximum absolute atomic E-state index is 12.2. The topological polar surface area (TPSA) is 69.6 Å². The highest BCUT2D eigenvalue weighted by Crippen LogP contribution is 2.14. The number of carbonyl (C=O) groups excluding carboxylic acids is 1. The molecule has 0 aromatic heterocycles. The number of aliphatic hydroxyl groups excluding tert-OH is 2. The predicted molar refractivity (Wildman–Crippen MR) is 252 cm³/mol. The van der Waals surface area contributed by atoms with Crippen LogP contribution in [-0.4, -0.2) is 34.9 Å². The van der Waals surface area contributed by atoms with Crippen LogP contribution in [0.2, 0.25) is 0 Å². The van der Waals surface area contributed by atoms with Crippen LogP contribution in [0.3, 0.4) is 0 Å². The Morgan fingerprint density at radius 3 is 1.14 bits per heavy atom. The van der Waals surface area contributed by atoms with E-state index in [0.29, 0.717) is 6.42 Å². The monoisotopic (exact) mass is 786 g/mol. The van der Waals surface area contributed by atoms with Crippen molar-refractivity contribution in [3.8, 4) is 0 Å². The fourth-order valence-corrected chi connectivity index (χ4v) is 6.15. The molecule has 0 bridgehead atoms. The average Bonchev–Trinajstić information content (AvgIpc) is 3.22. The summed E-state index contributed by atoms with van der Waals surface area (Å²) in [4.78, 5) is 12.2. The van der Waals surface area contributed by atoms with Crippen molar-refractivity contribution < 1.29 is 15.0 Å². The van der Waals surface area contributed by atoms with Crippen LogP contribution >= 0.6 is 0 Å². The molecule has 0 aliphatic carbocycles. The van der Waals surface area contributed by atoms with E-state index >= 15 is 0 Å². The molecule has 1 amide bonds. The molecule has 4 nitrogen and oxygen atoms in total. The molecule has 0 radical (unpaired) electrons. The number of rotatable bonds is 40. The molecule has 3 N–H and O–H groups in total. The number of carbonyl (C=O) groups is 1. The van der Waals surface area contributed by atoms with Crippen LogP contribution in [0.5, 0.6) is 0 Å². The van der Waals surface area contributed by atoms with Crippen LogP contribution in [-0.2, 0) is 4.79 Å². The fraction of sp³-hybridized carbons (Fsp3) is 0.604. The van der Waals surface area contributed by atoms with Crippen molar-refractivity contribution in [1.82, 2.24) is 5.32 Å². The third kappa shape index (κ3) is 43.8. The number of hydrogen-bond acceptors (Lipinski definition) is 3. The zero-order valence-electron chi connectivity index (χ0n) is 36.8. The summed E-state index contributed by atoms with van der Waals surface area (Å²) < 4.78 is 0. The van der Waals surface area contributed by atoms with Gasteiger partial charge in [0, 0.05) is 6.42 Å². The first-order valence-corrected chi connectivity index (χ1v) is 23.2. The molecule has 4 heteroatoms. The third-order valence-corrected chi connectivity index (χ3v) is 9.70. The minimum absolute atomic E-state index is 0.0808. The predicted octanol–water partition coefficient (Wildman–Crippen LogP) is 15.0. The number of hydrogen-bond donors (Lipinski definition) is 3. The van der Waals surface area contributed by atoms with Crippen LogP contribution in [0.15, 0.2) is 122 Å². The van der Waals surface area contributed by atoms with Gasteiger partial charge >= 0.3 is 0 Å². The third-order valence-electron chi connectivity index (χ3n) is 9.70. The highest BCUT2D eigenvalue weighted by molar-refractivity contribution is 5.76. The summed E-state index contributed by atoms with van der Waals surface area (Å²) in [6.07, 6.45) is 73.8. The molecule has 0 aliphatic heterocycles. The Labute approximate surface area is 352 Å². The SMILES string of the molecule is CC/C=C\C/C=C\C/C=C\C/C=C\C/C=C\C/C=C\C/C=C\C/C=C\C/C=C\CCCCCCCCCCCCCCCC(=O)NC(CO)C(O)/C=C/CCCC. The van der Waals surface area contributed by atoms with Crippen molar-refractivity contribution in [2.45, 2.75) is 199 Å². The van der Waals surface area contributed by atoms with E-state index in [1.807, 2.05) is 6.08 Å². The van der Waals surface area contributed by atoms with Gasteiger partial charge in [0.1, 0.15) is 0 Å². The first-order valence-electron chi connectivity index (χ1n) is 23.2. The Morgan fingerprint density at radius 1 is 0.439 bits per heavy atom. The van der Waals surface area contributed by atoms with Gasteiger partial charge in [-0.15, -0.1) is 0 Å². The van der Waals surface area contributed by atoms with E-state index in [-0.39, 0.29) is 12.5 Å². The lowest BCUT2D eigenvalue weighted by molar-refractivity contribution is -0.123. The van der Waals surface area contributed by atoms with Crippen LogP contribution in [0, 0.1) is 0 Å². The lowest BCUT2D eigenvalue weighted by atomic mass is 10.0. The number of allylic oxidation sites excluding steroid dienone is 19. The fourth-order valence-electron chi connectivity index (χ4n) is 6.15. The smallest absolute Gasteiger partial charge is 0.220 e. The minimum atomic E-state index is -0.841. The van der Waals surface area contributed by atoms with E-state index in [1.165, 1.54) is 77.0 Å². The Bertz CT molecular complexity index is 1160. The summed E-state index contributed by atoms with van der Waals surface area (Å²) >= 11 is 0. The van der Waals surface area contributed by atoms with E-state index in [4.69, 9.17) is 0 Å². The van der Waals surface area contributed by atoms with Crippen LogP contribution in [0.25, 0.3) is 0 Å². The van der Waals surface area contributed by atoms with Crippen LogP contribution < -0.4 is 5.32 Å². The maximum atomic E-state index is 12.2. The quantitative estimate of drug-likeness (QED) is 0.0428. The normalized spacial score (nSPS) is 14.1. The van der Waals surface area contributed by atoms with Gasteiger partial charge in [-0.3, -0.25) is 4.79 Å². The zero-order chi connectivity index (χ0) is 41.4. The lowest BCUT2D eigenvalue weighted by Crippen LogP contribution is -2.45. The number of nitrogens with one attached hydrogen (secondary N) is 1. The van der Waals surface area contributed by atoms with E-state index in [9.17, 15) is 15.0 Å². The van der Waals surface area contributed by atoms with Crippen molar-refractivity contribution in [2.24, 2.45) is 0 Å². The average molecular weight is 786 g/mol. The van der Waals surface area contributed by atoms with Gasteiger partial charge in [-0.25, -0.2) is 0 Å². The number of amides is 1. The van der Waals surface area contributed by atoms with E-state index in [0.717, 1.165) is 89.9 Å². The van der Waals surface area contributed by atoms with Crippen molar-refractivity contribution in [3.05, 3.63) is 122 Å². The van der Waals surface area contributed by atoms with Crippen molar-refractivity contribution in [3.63, 3.8) is 0 Å². The standard InChI is InChI=1S/C53H87NO3/c1-3-5-7-9-10-11-12-13-14-15-16-17-18-19-20-21-22-23-24-25-26-27-28-29-30-31-32-33-34-35-36-37-38-39-40-41-42-43-44-45-47-49-53(57)54-51(50-55)52(56)48-46-8-6-4-2/h5,7,10-11,13-14,16-17,19-20,22-23,25-26,28-29,31-32,46,48,51-52,55-56H,3-4,6,8-9,12,15,18,21,24,27,30,33-45,47,49-50H2,1-2H3,(H,54,57)/b7-5-,11-10-,14-13-,17-16-,20-19-,23-22-,26-25-,29-28-,32-31-,48-46+. The lowest BCUT2D eigenvalue weighted by Gasteiger charge is -2.19. The van der Waals surface area contributed by atoms with Gasteiger partial charge in [-0.05, 0) is 83.5 Å². The molecule has 57 heavy (non-hydrogen) atoms. The van der Waals surface area contributed by atoms with Gasteiger partial charge in [0.05, 0.1) is 18.8 Å². The molecule has 0 heterocycles. The summed E-state index contributed by atoms with van der Waals surface area (Å²) in [6.45, 7) is 4.04. The Morgan fingerprint density at radius 2 is 0.772 bits per heavy atom. The molecular formula is C53H87NO3. The van der Waals surface area contributed by atoms with Crippen molar-refractivity contribution in [2.75, 3.05) is 6.61 Å². The summed E-state index contributed by atoms with van der Waals surface area (Å²) in [5, 5.41) is 22.5. The van der Waals surface area contributed by atoms with E-state index in [2.05, 4.69) is 129 Å². The van der Waals surface area contributed by atoms with Gasteiger partial charge in [0.25, 0.3) is 0 Å². The van der Waals surface area contributed by atoms with Crippen LogP contribution in [0.1, 0.15) is 187 Å². The van der Waals surface area contributed by atoms with Crippen molar-refractivity contribution >= 4 is 5.91 Å². The molecule has 0 spiro atoms. The van der Waals surface area contributed by atoms with E-state index < -0.39 is 12.1 Å². The first kappa shape index (κ1) is 53.8. The first-order chi connectivity index (χ1) is 28.2. The van der Waals surface area contributed by atoms with E-state index in [1.54, 1.807) is 6.08 Å². The second-order valence-corrected chi connectivity index (χ2v) is 15.1. The Kier molecular flexibility index (Phi) is 44.5. The number of aliphatic hydroxyl groups is 2. The molecule has 2 unspecified atom stereocenters. The second-order valence-electron chi connectivity index (χ2n) is 15.1. The largest absolute Gasteiger partial charge is 0.394 e. The molecule has 0 saturated heterocycles. The molecule has 0 rings (SSSR count). The van der Waals surface area contributed by atoms with Crippen LogP contribution in [0.4, 0.5) is 0 Å². The molecular weight excluding hydrogens is 699 g/mol. The Balaban J connectivity index is 3.52. The molecule has 2 atom stereocenters. The summed E-state index contributed by atoms with van der Waals surface area (Å²) in [7, 11) is 0. The highest BCUT2D eigenvalue weighted by atomic mass is 16.3. The van der Waals surface area contributed by atoms with Gasteiger partial charge < -0.3 is 15.5 Å². The molecule has 322 valence electrons. The summed E-state index contributed by atoms with van der Waals surface area (Å²) in [5.41, 5.74) is 0. The number of unbranched alkanes of at least 4 members (excludes halogenated alkanes) is 15.